The van der Waals surface area contributed by atoms with Gasteiger partial charge in [0.05, 0.1) is 11.3 Å². The summed E-state index contributed by atoms with van der Waals surface area (Å²) in [4.78, 5) is 0. The number of alkyl halides is 3. The van der Waals surface area contributed by atoms with Crippen LogP contribution in [-0.2, 0) is 0 Å². The molecule has 25 heavy (non-hydrogen) atoms. The number of nitrogens with two attached hydrogens (primary N) is 1. The molecule has 1 heterocycles. The van der Waals surface area contributed by atoms with Crippen molar-refractivity contribution in [1.29, 1.82) is 5.26 Å². The summed E-state index contributed by atoms with van der Waals surface area (Å²) in [7, 11) is 0. The molecule has 0 saturated heterocycles. The molecule has 2 N–H and O–H groups in total. The average Bonchev–Trinajstić information content (AvgIpc) is 2.92. The minimum Gasteiger partial charge on any atom is -0.406 e. The van der Waals surface area contributed by atoms with Crippen LogP contribution < -0.4 is 10.5 Å². The number of hydrogen-bond acceptors (Lipinski definition) is 4. The van der Waals surface area contributed by atoms with Crippen LogP contribution in [0.2, 0.25) is 0 Å². The first-order valence-electron chi connectivity index (χ1n) is 7.09. The van der Waals surface area contributed by atoms with Crippen molar-refractivity contribution < 1.29 is 17.9 Å². The van der Waals surface area contributed by atoms with Crippen LogP contribution in [-0.4, -0.2) is 16.1 Å². The van der Waals surface area contributed by atoms with E-state index in [9.17, 15) is 18.4 Å². The molecule has 2 aromatic carbocycles. The van der Waals surface area contributed by atoms with Gasteiger partial charge in [-0.15, -0.1) is 13.2 Å². The Balaban J connectivity index is 2.03. The maximum Gasteiger partial charge on any atom is 0.573 e. The fraction of sp³-hybridized carbons (Fsp3) is 0.0588. The number of hydrogen-bond donors (Lipinski definition) is 1. The third kappa shape index (κ3) is 3.40. The van der Waals surface area contributed by atoms with Crippen molar-refractivity contribution in [2.45, 2.75) is 6.36 Å². The molecule has 3 aromatic rings. The van der Waals surface area contributed by atoms with E-state index in [-0.39, 0.29) is 17.3 Å². The highest BCUT2D eigenvalue weighted by molar-refractivity contribution is 5.80. The number of benzene rings is 2. The number of ether oxygens (including phenoxy) is 1. The molecular formula is C17H11F3N4O. The van der Waals surface area contributed by atoms with E-state index in [1.165, 1.54) is 16.8 Å². The van der Waals surface area contributed by atoms with Gasteiger partial charge in [-0.2, -0.15) is 10.4 Å². The molecule has 3 rings (SSSR count). The van der Waals surface area contributed by atoms with Gasteiger partial charge in [-0.05, 0) is 29.8 Å². The number of halogens is 3. The van der Waals surface area contributed by atoms with Crippen LogP contribution >= 0.6 is 0 Å². The summed E-state index contributed by atoms with van der Waals surface area (Å²) in [5.41, 5.74) is 7.68. The second-order valence-electron chi connectivity index (χ2n) is 5.04. The van der Waals surface area contributed by atoms with E-state index in [4.69, 9.17) is 5.73 Å². The van der Waals surface area contributed by atoms with Gasteiger partial charge >= 0.3 is 6.36 Å². The Bertz CT molecular complexity index is 926. The van der Waals surface area contributed by atoms with Crippen molar-refractivity contribution in [1.82, 2.24) is 9.78 Å². The molecule has 0 atom stereocenters. The SMILES string of the molecule is N#Cc1nn(-c2ccccc2)c(N)c1-c1ccc(OC(F)(F)F)cc1. The van der Waals surface area contributed by atoms with E-state index >= 15 is 0 Å². The summed E-state index contributed by atoms with van der Waals surface area (Å²) in [6.07, 6.45) is -4.77. The summed E-state index contributed by atoms with van der Waals surface area (Å²) in [5.74, 6) is -0.143. The summed E-state index contributed by atoms with van der Waals surface area (Å²) in [6, 6.07) is 16.0. The fourth-order valence-electron chi connectivity index (χ4n) is 2.38. The van der Waals surface area contributed by atoms with Gasteiger partial charge in [0.25, 0.3) is 0 Å². The zero-order chi connectivity index (χ0) is 18.0. The Morgan fingerprint density at radius 2 is 1.68 bits per heavy atom. The number of nitriles is 1. The van der Waals surface area contributed by atoms with Crippen molar-refractivity contribution in [3.8, 4) is 28.6 Å². The Morgan fingerprint density at radius 3 is 2.24 bits per heavy atom. The highest BCUT2D eigenvalue weighted by atomic mass is 19.4. The monoisotopic (exact) mass is 344 g/mol. The lowest BCUT2D eigenvalue weighted by molar-refractivity contribution is -0.274. The van der Waals surface area contributed by atoms with Crippen LogP contribution in [0.15, 0.2) is 54.6 Å². The molecule has 5 nitrogen and oxygen atoms in total. The Kier molecular flexibility index (Phi) is 4.07. The van der Waals surface area contributed by atoms with E-state index in [2.05, 4.69) is 9.84 Å². The first-order valence-corrected chi connectivity index (χ1v) is 7.09. The molecule has 1 aromatic heterocycles. The number of para-hydroxylation sites is 1. The van der Waals surface area contributed by atoms with Crippen molar-refractivity contribution in [2.75, 3.05) is 5.73 Å². The van der Waals surface area contributed by atoms with E-state index < -0.39 is 6.36 Å². The van der Waals surface area contributed by atoms with Gasteiger partial charge < -0.3 is 10.5 Å². The topological polar surface area (TPSA) is 76.9 Å². The van der Waals surface area contributed by atoms with Crippen LogP contribution in [0.5, 0.6) is 5.75 Å². The third-order valence-corrected chi connectivity index (χ3v) is 3.40. The highest BCUT2D eigenvalue weighted by Gasteiger charge is 2.31. The summed E-state index contributed by atoms with van der Waals surface area (Å²) < 4.78 is 42.0. The molecule has 8 heteroatoms. The molecule has 0 aliphatic carbocycles. The highest BCUT2D eigenvalue weighted by Crippen LogP contribution is 2.33. The van der Waals surface area contributed by atoms with Gasteiger partial charge in [0, 0.05) is 0 Å². The van der Waals surface area contributed by atoms with Crippen LogP contribution in [0, 0.1) is 11.3 Å². The lowest BCUT2D eigenvalue weighted by atomic mass is 10.1. The summed E-state index contributed by atoms with van der Waals surface area (Å²) >= 11 is 0. The first-order chi connectivity index (χ1) is 11.9. The van der Waals surface area contributed by atoms with Gasteiger partial charge in [0.2, 0.25) is 0 Å². The lowest BCUT2D eigenvalue weighted by Gasteiger charge is -2.09. The van der Waals surface area contributed by atoms with Gasteiger partial charge in [0.1, 0.15) is 17.6 Å². The quantitative estimate of drug-likeness (QED) is 0.782. The van der Waals surface area contributed by atoms with Crippen LogP contribution in [0.1, 0.15) is 5.69 Å². The van der Waals surface area contributed by atoms with Gasteiger partial charge in [-0.1, -0.05) is 30.3 Å². The molecule has 0 saturated carbocycles. The largest absolute Gasteiger partial charge is 0.573 e. The Morgan fingerprint density at radius 1 is 1.04 bits per heavy atom. The molecule has 0 aliphatic heterocycles. The minimum absolute atomic E-state index is 0.0749. The minimum atomic E-state index is -4.77. The second kappa shape index (κ2) is 6.20. The number of anilines is 1. The molecular weight excluding hydrogens is 333 g/mol. The van der Waals surface area contributed by atoms with E-state index in [0.717, 1.165) is 12.1 Å². The van der Waals surface area contributed by atoms with E-state index in [0.29, 0.717) is 16.8 Å². The molecule has 0 radical (unpaired) electrons. The molecule has 0 spiro atoms. The summed E-state index contributed by atoms with van der Waals surface area (Å²) in [5, 5.41) is 13.5. The van der Waals surface area contributed by atoms with Gasteiger partial charge in [-0.25, -0.2) is 4.68 Å². The first kappa shape index (κ1) is 16.4. The van der Waals surface area contributed by atoms with E-state index in [1.54, 1.807) is 24.3 Å². The lowest BCUT2D eigenvalue weighted by Crippen LogP contribution is -2.16. The predicted molar refractivity (Wildman–Crippen MR) is 84.8 cm³/mol. The van der Waals surface area contributed by atoms with Gasteiger partial charge in [-0.3, -0.25) is 0 Å². The standard InChI is InChI=1S/C17H11F3N4O/c18-17(19,20)25-13-8-6-11(7-9-13)15-14(10-21)23-24(16(15)22)12-4-2-1-3-5-12/h1-9H,22H2. The smallest absolute Gasteiger partial charge is 0.406 e. The molecule has 126 valence electrons. The van der Waals surface area contributed by atoms with Gasteiger partial charge in [0.15, 0.2) is 5.69 Å². The maximum atomic E-state index is 12.2. The second-order valence-corrected chi connectivity index (χ2v) is 5.04. The summed E-state index contributed by atoms with van der Waals surface area (Å²) in [6.45, 7) is 0. The number of rotatable bonds is 3. The Labute approximate surface area is 140 Å². The number of nitrogen functional groups attached to an aromatic ring is 1. The molecule has 0 bridgehead atoms. The van der Waals surface area contributed by atoms with Crippen molar-refractivity contribution >= 4 is 5.82 Å². The molecule has 0 unspecified atom stereocenters. The van der Waals surface area contributed by atoms with Crippen molar-refractivity contribution in [3.05, 3.63) is 60.3 Å². The van der Waals surface area contributed by atoms with Crippen LogP contribution in [0.3, 0.4) is 0 Å². The molecule has 0 amide bonds. The number of aromatic nitrogens is 2. The third-order valence-electron chi connectivity index (χ3n) is 3.40. The van der Waals surface area contributed by atoms with Crippen LogP contribution in [0.25, 0.3) is 16.8 Å². The van der Waals surface area contributed by atoms with Crippen molar-refractivity contribution in [3.63, 3.8) is 0 Å². The maximum absolute atomic E-state index is 12.2. The number of nitrogens with zero attached hydrogens (tertiary/aromatic N) is 3. The average molecular weight is 344 g/mol. The van der Waals surface area contributed by atoms with Crippen LogP contribution in [0.4, 0.5) is 19.0 Å². The van der Waals surface area contributed by atoms with E-state index in [1.807, 2.05) is 12.1 Å². The zero-order valence-electron chi connectivity index (χ0n) is 12.7. The molecule has 0 fully saturated rings. The van der Waals surface area contributed by atoms with Crippen molar-refractivity contribution in [2.24, 2.45) is 0 Å². The Hall–Kier alpha value is -3.47. The normalized spacial score (nSPS) is 11.1. The zero-order valence-corrected chi connectivity index (χ0v) is 12.7. The molecule has 0 aliphatic rings. The predicted octanol–water partition coefficient (Wildman–Crippen LogP) is 3.89. The fourth-order valence-corrected chi connectivity index (χ4v) is 2.38.